The summed E-state index contributed by atoms with van der Waals surface area (Å²) in [4.78, 5) is 11.5. The molecular formula is C12H24N2O4. The highest BCUT2D eigenvalue weighted by Gasteiger charge is 2.44. The number of hydrogen-bond donors (Lipinski definition) is 4. The molecule has 6 nitrogen and oxygen atoms in total. The van der Waals surface area contributed by atoms with Crippen molar-refractivity contribution in [3.8, 4) is 0 Å². The molecule has 0 radical (unpaired) electrons. The van der Waals surface area contributed by atoms with Crippen molar-refractivity contribution in [1.29, 1.82) is 0 Å². The lowest BCUT2D eigenvalue weighted by Crippen LogP contribution is -2.45. The molecule has 0 aromatic carbocycles. The average molecular weight is 260 g/mol. The summed E-state index contributed by atoms with van der Waals surface area (Å²) in [7, 11) is 1.58. The van der Waals surface area contributed by atoms with E-state index in [0.29, 0.717) is 26.0 Å². The topological polar surface area (TPSA) is 90.8 Å². The summed E-state index contributed by atoms with van der Waals surface area (Å²) in [6.07, 6.45) is -0.612. The van der Waals surface area contributed by atoms with Gasteiger partial charge in [0.25, 0.3) is 0 Å². The fourth-order valence-electron chi connectivity index (χ4n) is 2.44. The standard InChI is InChI=1S/C12H24N2O4/c1-8(2)14-11(17)13-6-12(7-18-3)4-9(15)10(16)5-12/h8-10,15-16H,4-7H2,1-3H3,(H2,13,14,17). The van der Waals surface area contributed by atoms with Crippen molar-refractivity contribution in [3.63, 3.8) is 0 Å². The molecule has 6 heteroatoms. The molecule has 2 amide bonds. The summed E-state index contributed by atoms with van der Waals surface area (Å²) >= 11 is 0. The molecular weight excluding hydrogens is 236 g/mol. The Bertz CT molecular complexity index is 273. The van der Waals surface area contributed by atoms with Crippen molar-refractivity contribution in [2.24, 2.45) is 5.41 Å². The van der Waals surface area contributed by atoms with Gasteiger partial charge in [0.2, 0.25) is 0 Å². The third kappa shape index (κ3) is 4.12. The Hall–Kier alpha value is -0.850. The third-order valence-corrected chi connectivity index (χ3v) is 3.22. The Kier molecular flexibility index (Phi) is 5.37. The van der Waals surface area contributed by atoms with Crippen molar-refractivity contribution in [1.82, 2.24) is 10.6 Å². The Morgan fingerprint density at radius 3 is 2.39 bits per heavy atom. The van der Waals surface area contributed by atoms with Crippen LogP contribution < -0.4 is 10.6 Å². The summed E-state index contributed by atoms with van der Waals surface area (Å²) in [5, 5.41) is 24.8. The van der Waals surface area contributed by atoms with Gasteiger partial charge in [-0.2, -0.15) is 0 Å². The maximum absolute atomic E-state index is 11.5. The predicted octanol–water partition coefficient (Wildman–Crippen LogP) is -0.158. The van der Waals surface area contributed by atoms with Gasteiger partial charge in [-0.3, -0.25) is 0 Å². The van der Waals surface area contributed by atoms with Gasteiger partial charge in [0.05, 0.1) is 18.8 Å². The number of hydrogen-bond acceptors (Lipinski definition) is 4. The number of aliphatic hydroxyl groups is 2. The number of carbonyl (C=O) groups excluding carboxylic acids is 1. The lowest BCUT2D eigenvalue weighted by Gasteiger charge is -2.28. The highest BCUT2D eigenvalue weighted by atomic mass is 16.5. The van der Waals surface area contributed by atoms with Gasteiger partial charge in [0.1, 0.15) is 0 Å². The predicted molar refractivity (Wildman–Crippen MR) is 67.2 cm³/mol. The molecule has 106 valence electrons. The minimum atomic E-state index is -0.741. The summed E-state index contributed by atoms with van der Waals surface area (Å²) in [6, 6.07) is -0.167. The fraction of sp³-hybridized carbons (Fsp3) is 0.917. The summed E-state index contributed by atoms with van der Waals surface area (Å²) in [5.41, 5.74) is -0.387. The molecule has 1 aliphatic rings. The number of methoxy groups -OCH3 is 1. The zero-order valence-electron chi connectivity index (χ0n) is 11.3. The second-order valence-corrected chi connectivity index (χ2v) is 5.46. The number of ether oxygens (including phenoxy) is 1. The molecule has 0 spiro atoms. The summed E-state index contributed by atoms with van der Waals surface area (Å²) < 4.78 is 5.15. The Morgan fingerprint density at radius 2 is 1.94 bits per heavy atom. The first kappa shape index (κ1) is 15.2. The maximum atomic E-state index is 11.5. The van der Waals surface area contributed by atoms with Crippen LogP contribution in [0.1, 0.15) is 26.7 Å². The molecule has 0 aromatic heterocycles. The van der Waals surface area contributed by atoms with Crippen LogP contribution in [0.2, 0.25) is 0 Å². The molecule has 1 rings (SSSR count). The van der Waals surface area contributed by atoms with Crippen LogP contribution in [0.4, 0.5) is 4.79 Å². The third-order valence-electron chi connectivity index (χ3n) is 3.22. The van der Waals surface area contributed by atoms with Gasteiger partial charge in [0.15, 0.2) is 0 Å². The molecule has 1 aliphatic carbocycles. The van der Waals surface area contributed by atoms with Gasteiger partial charge in [0, 0.05) is 25.1 Å². The van der Waals surface area contributed by atoms with E-state index in [1.54, 1.807) is 7.11 Å². The minimum absolute atomic E-state index is 0.0723. The van der Waals surface area contributed by atoms with Gasteiger partial charge < -0.3 is 25.6 Å². The second-order valence-electron chi connectivity index (χ2n) is 5.46. The van der Waals surface area contributed by atoms with Crippen molar-refractivity contribution >= 4 is 6.03 Å². The van der Waals surface area contributed by atoms with Gasteiger partial charge in [-0.25, -0.2) is 4.79 Å². The Morgan fingerprint density at radius 1 is 1.39 bits per heavy atom. The first-order valence-corrected chi connectivity index (χ1v) is 6.28. The van der Waals surface area contributed by atoms with E-state index >= 15 is 0 Å². The molecule has 2 atom stereocenters. The van der Waals surface area contributed by atoms with E-state index in [2.05, 4.69) is 10.6 Å². The number of nitrogens with one attached hydrogen (secondary N) is 2. The zero-order valence-corrected chi connectivity index (χ0v) is 11.3. The van der Waals surface area contributed by atoms with E-state index in [1.165, 1.54) is 0 Å². The van der Waals surface area contributed by atoms with Crippen LogP contribution >= 0.6 is 0 Å². The zero-order chi connectivity index (χ0) is 13.8. The fourth-order valence-corrected chi connectivity index (χ4v) is 2.44. The molecule has 0 aromatic rings. The average Bonchev–Trinajstić information content (AvgIpc) is 2.52. The van der Waals surface area contributed by atoms with E-state index in [0.717, 1.165) is 0 Å². The van der Waals surface area contributed by atoms with Crippen LogP contribution in [0.15, 0.2) is 0 Å². The smallest absolute Gasteiger partial charge is 0.315 e. The number of urea groups is 1. The molecule has 0 bridgehead atoms. The van der Waals surface area contributed by atoms with Crippen LogP contribution in [-0.2, 0) is 4.74 Å². The molecule has 18 heavy (non-hydrogen) atoms. The number of carbonyl (C=O) groups is 1. The lowest BCUT2D eigenvalue weighted by molar-refractivity contribution is 0.0438. The molecule has 1 saturated carbocycles. The van der Waals surface area contributed by atoms with Gasteiger partial charge in [-0.1, -0.05) is 0 Å². The van der Waals surface area contributed by atoms with Crippen molar-refractivity contribution in [3.05, 3.63) is 0 Å². The van der Waals surface area contributed by atoms with E-state index in [4.69, 9.17) is 4.74 Å². The van der Waals surface area contributed by atoms with Crippen molar-refractivity contribution in [2.45, 2.75) is 44.9 Å². The normalized spacial score (nSPS) is 31.7. The minimum Gasteiger partial charge on any atom is -0.390 e. The Balaban J connectivity index is 2.51. The number of rotatable bonds is 5. The highest BCUT2D eigenvalue weighted by Crippen LogP contribution is 2.38. The summed E-state index contributed by atoms with van der Waals surface area (Å²) in [6.45, 7) is 4.55. The highest BCUT2D eigenvalue weighted by molar-refractivity contribution is 5.74. The quantitative estimate of drug-likeness (QED) is 0.553. The van der Waals surface area contributed by atoms with Gasteiger partial charge in [-0.05, 0) is 26.7 Å². The molecule has 1 fully saturated rings. The van der Waals surface area contributed by atoms with Crippen molar-refractivity contribution < 1.29 is 19.7 Å². The largest absolute Gasteiger partial charge is 0.390 e. The van der Waals surface area contributed by atoms with Crippen LogP contribution in [0.25, 0.3) is 0 Å². The maximum Gasteiger partial charge on any atom is 0.315 e. The van der Waals surface area contributed by atoms with E-state index in [1.807, 2.05) is 13.8 Å². The van der Waals surface area contributed by atoms with Crippen LogP contribution in [-0.4, -0.2) is 54.8 Å². The first-order chi connectivity index (χ1) is 8.38. The van der Waals surface area contributed by atoms with E-state index < -0.39 is 12.2 Å². The molecule has 2 unspecified atom stereocenters. The second kappa shape index (κ2) is 6.36. The van der Waals surface area contributed by atoms with Crippen molar-refractivity contribution in [2.75, 3.05) is 20.3 Å². The summed E-state index contributed by atoms with van der Waals surface area (Å²) in [5.74, 6) is 0. The lowest BCUT2D eigenvalue weighted by atomic mass is 9.87. The number of aliphatic hydroxyl groups excluding tert-OH is 2. The van der Waals surface area contributed by atoms with Crippen LogP contribution in [0.5, 0.6) is 0 Å². The van der Waals surface area contributed by atoms with Crippen LogP contribution in [0.3, 0.4) is 0 Å². The van der Waals surface area contributed by atoms with Gasteiger partial charge in [-0.15, -0.1) is 0 Å². The molecule has 0 saturated heterocycles. The number of amides is 2. The molecule has 0 heterocycles. The van der Waals surface area contributed by atoms with E-state index in [9.17, 15) is 15.0 Å². The Labute approximate surface area is 108 Å². The molecule has 4 N–H and O–H groups in total. The molecule has 0 aliphatic heterocycles. The first-order valence-electron chi connectivity index (χ1n) is 6.28. The van der Waals surface area contributed by atoms with E-state index in [-0.39, 0.29) is 17.5 Å². The van der Waals surface area contributed by atoms with Gasteiger partial charge >= 0.3 is 6.03 Å². The monoisotopic (exact) mass is 260 g/mol. The SMILES string of the molecule is COCC1(CNC(=O)NC(C)C)CC(O)C(O)C1. The van der Waals surface area contributed by atoms with Crippen LogP contribution in [0, 0.1) is 5.41 Å².